The topological polar surface area (TPSA) is 35.5 Å². The number of carbonyl (C=O) groups is 1. The van der Waals surface area contributed by atoms with Crippen LogP contribution in [0.15, 0.2) is 54.6 Å². The molecule has 0 amide bonds. The maximum absolute atomic E-state index is 13.3. The first-order valence-corrected chi connectivity index (χ1v) is 16.7. The minimum atomic E-state index is -0.569. The molecule has 4 heteroatoms. The van der Waals surface area contributed by atoms with Gasteiger partial charge in [-0.15, -0.1) is 0 Å². The molecular formula is C37H60NO3+. The summed E-state index contributed by atoms with van der Waals surface area (Å²) >= 11 is 0. The molecule has 0 aromatic heterocycles. The average molecular weight is 567 g/mol. The molecule has 0 bridgehead atoms. The molecule has 0 heterocycles. The van der Waals surface area contributed by atoms with Crippen LogP contribution >= 0.6 is 0 Å². The molecule has 0 radical (unpaired) electrons. The molecule has 0 N–H and O–H groups in total. The van der Waals surface area contributed by atoms with Gasteiger partial charge in [0.1, 0.15) is 12.3 Å². The van der Waals surface area contributed by atoms with Crippen molar-refractivity contribution in [3.05, 3.63) is 65.7 Å². The van der Waals surface area contributed by atoms with Gasteiger partial charge in [-0.3, -0.25) is 0 Å². The number of aryl methyl sites for hydroxylation is 1. The van der Waals surface area contributed by atoms with Crippen LogP contribution in [0.4, 0.5) is 0 Å². The predicted octanol–water partition coefficient (Wildman–Crippen LogP) is 10.0. The molecule has 0 saturated carbocycles. The maximum Gasteiger partial charge on any atom is 0.368 e. The van der Waals surface area contributed by atoms with Gasteiger partial charge in [0.25, 0.3) is 0 Å². The molecule has 0 aliphatic rings. The number of unbranched alkanes of at least 4 members (excludes halogenated alkanes) is 11. The number of benzene rings is 2. The van der Waals surface area contributed by atoms with E-state index in [-0.39, 0.29) is 12.0 Å². The second-order valence-electron chi connectivity index (χ2n) is 12.4. The fraction of sp³-hybridized carbons (Fsp3) is 0.649. The molecule has 2 atom stereocenters. The normalized spacial score (nSPS) is 13.1. The van der Waals surface area contributed by atoms with Gasteiger partial charge in [-0.1, -0.05) is 134 Å². The van der Waals surface area contributed by atoms with Crippen molar-refractivity contribution in [2.24, 2.45) is 0 Å². The van der Waals surface area contributed by atoms with Crippen molar-refractivity contribution in [2.45, 2.75) is 142 Å². The van der Waals surface area contributed by atoms with Crippen LogP contribution in [0, 0.1) is 0 Å². The quantitative estimate of drug-likeness (QED) is 0.0581. The molecule has 2 aromatic carbocycles. The van der Waals surface area contributed by atoms with Gasteiger partial charge in [0.15, 0.2) is 6.04 Å². The first-order chi connectivity index (χ1) is 19.9. The average Bonchev–Trinajstić information content (AvgIpc) is 2.95. The third-order valence-corrected chi connectivity index (χ3v) is 8.22. The Morgan fingerprint density at radius 1 is 0.683 bits per heavy atom. The zero-order chi connectivity index (χ0) is 29.8. The van der Waals surface area contributed by atoms with Crippen LogP contribution in [-0.2, 0) is 22.5 Å². The monoisotopic (exact) mass is 566 g/mol. The second kappa shape index (κ2) is 20.5. The fourth-order valence-electron chi connectivity index (χ4n) is 5.75. The number of hydrogen-bond acceptors (Lipinski definition) is 3. The van der Waals surface area contributed by atoms with E-state index in [0.717, 1.165) is 25.1 Å². The third kappa shape index (κ3) is 14.4. The Hall–Kier alpha value is -2.33. The lowest BCUT2D eigenvalue weighted by Crippen LogP contribution is -2.53. The number of nitrogens with zero attached hydrogens (tertiary/aromatic N) is 1. The number of rotatable bonds is 23. The molecule has 230 valence electrons. The van der Waals surface area contributed by atoms with Gasteiger partial charge in [-0.25, -0.2) is 4.79 Å². The van der Waals surface area contributed by atoms with Crippen LogP contribution in [0.25, 0.3) is 0 Å². The van der Waals surface area contributed by atoms with Gasteiger partial charge in [0.05, 0.1) is 14.1 Å². The molecule has 2 aromatic rings. The van der Waals surface area contributed by atoms with E-state index in [0.29, 0.717) is 17.3 Å². The summed E-state index contributed by atoms with van der Waals surface area (Å²) in [5, 5.41) is 0. The molecule has 0 fully saturated rings. The largest absolute Gasteiger partial charge is 0.455 e. The van der Waals surface area contributed by atoms with Gasteiger partial charge < -0.3 is 14.0 Å². The molecule has 2 unspecified atom stereocenters. The van der Waals surface area contributed by atoms with Crippen molar-refractivity contribution in [3.8, 4) is 5.75 Å². The summed E-state index contributed by atoms with van der Waals surface area (Å²) < 4.78 is 12.7. The lowest BCUT2D eigenvalue weighted by molar-refractivity contribution is -0.919. The summed E-state index contributed by atoms with van der Waals surface area (Å²) in [5.41, 5.74) is 2.56. The molecule has 0 aliphatic carbocycles. The van der Waals surface area contributed by atoms with Crippen molar-refractivity contribution < 1.29 is 18.8 Å². The first kappa shape index (κ1) is 34.9. The minimum Gasteiger partial charge on any atom is -0.455 e. The van der Waals surface area contributed by atoms with Crippen molar-refractivity contribution in [3.63, 3.8) is 0 Å². The Bertz CT molecular complexity index is 925. The van der Waals surface area contributed by atoms with E-state index in [1.165, 1.54) is 88.2 Å². The SMILES string of the molecule is CCCCCCCCCCCCCCc1ccc(OC(CCC)OC(=O)C(CC)[N+](C)(C)Cc2ccccc2)cc1. The Kier molecular flexibility index (Phi) is 17.5. The van der Waals surface area contributed by atoms with Crippen LogP contribution in [0.2, 0.25) is 0 Å². The number of likely N-dealkylation sites (N-methyl/N-ethyl adjacent to an activating group) is 1. The molecule has 0 saturated heterocycles. The van der Waals surface area contributed by atoms with Crippen molar-refractivity contribution >= 4 is 5.97 Å². The number of ether oxygens (including phenoxy) is 2. The van der Waals surface area contributed by atoms with E-state index < -0.39 is 6.29 Å². The van der Waals surface area contributed by atoms with Crippen molar-refractivity contribution in [2.75, 3.05) is 14.1 Å². The predicted molar refractivity (Wildman–Crippen MR) is 173 cm³/mol. The highest BCUT2D eigenvalue weighted by Gasteiger charge is 2.36. The van der Waals surface area contributed by atoms with E-state index >= 15 is 0 Å². The highest BCUT2D eigenvalue weighted by Crippen LogP contribution is 2.22. The summed E-state index contributed by atoms with van der Waals surface area (Å²) in [6.45, 7) is 7.20. The van der Waals surface area contributed by atoms with Gasteiger partial charge in [0, 0.05) is 18.4 Å². The Morgan fingerprint density at radius 3 is 1.78 bits per heavy atom. The van der Waals surface area contributed by atoms with Crippen molar-refractivity contribution in [1.29, 1.82) is 0 Å². The smallest absolute Gasteiger partial charge is 0.368 e. The summed E-state index contributed by atoms with van der Waals surface area (Å²) in [6, 6.07) is 18.5. The van der Waals surface area contributed by atoms with Crippen LogP contribution in [0.5, 0.6) is 5.75 Å². The lowest BCUT2D eigenvalue weighted by atomic mass is 10.0. The van der Waals surface area contributed by atoms with E-state index in [2.05, 4.69) is 59.1 Å². The molecule has 0 aliphatic heterocycles. The van der Waals surface area contributed by atoms with Crippen molar-refractivity contribution in [1.82, 2.24) is 0 Å². The molecule has 0 spiro atoms. The van der Waals surface area contributed by atoms with Gasteiger partial charge in [-0.2, -0.15) is 0 Å². The van der Waals surface area contributed by atoms with E-state index in [1.54, 1.807) is 0 Å². The summed E-state index contributed by atoms with van der Waals surface area (Å²) in [6.07, 6.45) is 19.3. The fourth-order valence-corrected chi connectivity index (χ4v) is 5.75. The Balaban J connectivity index is 1.73. The highest BCUT2D eigenvalue weighted by atomic mass is 16.7. The van der Waals surface area contributed by atoms with Gasteiger partial charge in [0.2, 0.25) is 6.29 Å². The minimum absolute atomic E-state index is 0.185. The van der Waals surface area contributed by atoms with Crippen LogP contribution in [0.1, 0.15) is 128 Å². The van der Waals surface area contributed by atoms with E-state index in [4.69, 9.17) is 9.47 Å². The molecular weight excluding hydrogens is 506 g/mol. The zero-order valence-corrected chi connectivity index (χ0v) is 27.0. The van der Waals surface area contributed by atoms with Crippen LogP contribution in [-0.4, -0.2) is 36.9 Å². The van der Waals surface area contributed by atoms with E-state index in [1.807, 2.05) is 30.3 Å². The van der Waals surface area contributed by atoms with Gasteiger partial charge >= 0.3 is 5.97 Å². The number of hydrogen-bond donors (Lipinski definition) is 0. The molecule has 2 rings (SSSR count). The number of quaternary nitrogens is 1. The molecule has 4 nitrogen and oxygen atoms in total. The zero-order valence-electron chi connectivity index (χ0n) is 27.0. The Morgan fingerprint density at radius 2 is 1.24 bits per heavy atom. The summed E-state index contributed by atoms with van der Waals surface area (Å²) in [5.74, 6) is 0.580. The summed E-state index contributed by atoms with van der Waals surface area (Å²) in [7, 11) is 4.21. The second-order valence-corrected chi connectivity index (χ2v) is 12.4. The number of carbonyl (C=O) groups excluding carboxylic acids is 1. The Labute approximate surface area is 252 Å². The van der Waals surface area contributed by atoms with Gasteiger partial charge in [-0.05, 0) is 37.0 Å². The first-order valence-electron chi connectivity index (χ1n) is 16.7. The summed E-state index contributed by atoms with van der Waals surface area (Å²) in [4.78, 5) is 13.3. The van der Waals surface area contributed by atoms with Crippen LogP contribution < -0.4 is 4.74 Å². The van der Waals surface area contributed by atoms with E-state index in [9.17, 15) is 4.79 Å². The maximum atomic E-state index is 13.3. The van der Waals surface area contributed by atoms with Crippen LogP contribution in [0.3, 0.4) is 0 Å². The third-order valence-electron chi connectivity index (χ3n) is 8.22. The lowest BCUT2D eigenvalue weighted by Gasteiger charge is -2.36. The standard InChI is InChI=1S/C37H60NO3/c1-6-9-10-11-12-13-14-15-16-17-18-20-24-32-27-29-34(30-28-32)40-36(23-7-2)41-37(39)35(8-3)38(4,5)31-33-25-21-19-22-26-33/h19,21-22,25-30,35-36H,6-18,20,23-24,31H2,1-5H3/q+1. The molecule has 41 heavy (non-hydrogen) atoms. The highest BCUT2D eigenvalue weighted by molar-refractivity contribution is 5.74. The number of esters is 1.